The van der Waals surface area contributed by atoms with Crippen molar-refractivity contribution in [3.05, 3.63) is 72.9 Å². The van der Waals surface area contributed by atoms with Crippen molar-refractivity contribution in [2.45, 2.75) is 270 Å². The molecule has 0 fully saturated rings. The Labute approximate surface area is 490 Å². The molecule has 0 aliphatic heterocycles. The van der Waals surface area contributed by atoms with Gasteiger partial charge in [0.05, 0.1) is 26.4 Å². The number of unbranched alkanes of at least 4 members (excludes halogenated alkanes) is 24. The Morgan fingerprint density at radius 3 is 1.06 bits per heavy atom. The smallest absolute Gasteiger partial charge is 0.463 e. The Morgan fingerprint density at radius 1 is 0.358 bits per heavy atom. The SMILES string of the molecule is CC/C=C\C/C=C\C/C=C\C/C=C\CCCCCCCCC(=O)OCC(O)COP(=O)(O)OCC(O)COP(=O)(O)OCC(COC(=O)CCCCCCC/C=C\C/C=C\CCCCC)OC(=O)CCCCCCCCCCCCC. The number of carbonyl (C=O) groups is 3. The number of rotatable bonds is 59. The van der Waals surface area contributed by atoms with Gasteiger partial charge in [0.15, 0.2) is 6.10 Å². The molecule has 18 heteroatoms. The zero-order valence-electron chi connectivity index (χ0n) is 50.4. The molecule has 0 aromatic heterocycles. The summed E-state index contributed by atoms with van der Waals surface area (Å²) in [6.45, 7) is 2.48. The van der Waals surface area contributed by atoms with Crippen molar-refractivity contribution < 1.29 is 75.8 Å². The highest BCUT2D eigenvalue weighted by Crippen LogP contribution is 2.45. The lowest BCUT2D eigenvalue weighted by atomic mass is 10.1. The molecule has 0 bridgehead atoms. The summed E-state index contributed by atoms with van der Waals surface area (Å²) in [5.74, 6) is -1.60. The van der Waals surface area contributed by atoms with E-state index in [9.17, 15) is 43.5 Å². The quantitative estimate of drug-likeness (QED) is 0.0146. The molecule has 0 aliphatic rings. The molecule has 5 unspecified atom stereocenters. The molecule has 0 aliphatic carbocycles. The second-order valence-electron chi connectivity index (χ2n) is 20.8. The highest BCUT2D eigenvalue weighted by atomic mass is 31.2. The first-order valence-electron chi connectivity index (χ1n) is 31.2. The third-order valence-electron chi connectivity index (χ3n) is 12.9. The van der Waals surface area contributed by atoms with E-state index in [0.29, 0.717) is 19.3 Å². The fourth-order valence-corrected chi connectivity index (χ4v) is 9.70. The van der Waals surface area contributed by atoms with Gasteiger partial charge >= 0.3 is 33.6 Å². The molecule has 0 radical (unpaired) electrons. The number of hydrogen-bond donors (Lipinski definition) is 4. The number of phosphoric acid groups is 2. The number of aliphatic hydroxyl groups excluding tert-OH is 2. The lowest BCUT2D eigenvalue weighted by Crippen LogP contribution is -2.30. The average molecular weight is 1190 g/mol. The fraction of sp³-hybridized carbons (Fsp3) is 0.762. The minimum Gasteiger partial charge on any atom is -0.463 e. The number of phosphoric ester groups is 2. The van der Waals surface area contributed by atoms with Crippen molar-refractivity contribution in [1.29, 1.82) is 0 Å². The van der Waals surface area contributed by atoms with E-state index in [0.717, 1.165) is 135 Å². The van der Waals surface area contributed by atoms with Crippen molar-refractivity contribution in [2.24, 2.45) is 0 Å². The second-order valence-corrected chi connectivity index (χ2v) is 23.7. The van der Waals surface area contributed by atoms with Crippen LogP contribution in [0, 0.1) is 0 Å². The van der Waals surface area contributed by atoms with Gasteiger partial charge in [-0.25, -0.2) is 9.13 Å². The van der Waals surface area contributed by atoms with Crippen LogP contribution in [0.5, 0.6) is 0 Å². The van der Waals surface area contributed by atoms with E-state index in [4.69, 9.17) is 32.3 Å². The van der Waals surface area contributed by atoms with E-state index in [1.54, 1.807) is 0 Å². The standard InChI is InChI=1S/C63H112O16P2/c1-4-7-10-13-16-19-22-24-26-27-28-29-31-33-35-37-40-43-46-49-61(66)73-52-58(64)53-75-80(69,70)76-54-59(65)55-77-81(71,72)78-57-60(79-63(68)51-48-45-42-39-34-21-18-15-12-9-6-3)56-74-62(67)50-47-44-41-38-36-32-30-25-23-20-17-14-11-8-5-2/h7,10,16-17,19-20,24-26,28-30,58-60,64-65H,4-6,8-9,11-15,18,21-23,27,31-57H2,1-3H3,(H,69,70)(H,71,72)/b10-7-,19-16-,20-17-,26-24-,29-28-,30-25-. The topological polar surface area (TPSA) is 231 Å². The first-order chi connectivity index (χ1) is 39.2. The molecule has 16 nitrogen and oxygen atoms in total. The zero-order chi connectivity index (χ0) is 59.6. The monoisotopic (exact) mass is 1190 g/mol. The molecule has 0 aromatic carbocycles. The van der Waals surface area contributed by atoms with Crippen LogP contribution in [0.2, 0.25) is 0 Å². The largest absolute Gasteiger partial charge is 0.472 e. The lowest BCUT2D eigenvalue weighted by Gasteiger charge is -2.21. The Morgan fingerprint density at radius 2 is 0.654 bits per heavy atom. The van der Waals surface area contributed by atoms with E-state index in [2.05, 4.69) is 93.7 Å². The molecule has 0 saturated carbocycles. The number of esters is 3. The predicted octanol–water partition coefficient (Wildman–Crippen LogP) is 16.4. The first kappa shape index (κ1) is 78.0. The molecule has 4 N–H and O–H groups in total. The van der Waals surface area contributed by atoms with Gasteiger partial charge in [-0.3, -0.25) is 32.5 Å². The van der Waals surface area contributed by atoms with E-state index >= 15 is 0 Å². The molecule has 0 aromatic rings. The summed E-state index contributed by atoms with van der Waals surface area (Å²) in [5.41, 5.74) is 0. The molecule has 470 valence electrons. The first-order valence-corrected chi connectivity index (χ1v) is 34.2. The molecule has 5 atom stereocenters. The Bertz CT molecular complexity index is 1780. The molecule has 0 heterocycles. The number of allylic oxidation sites excluding steroid dienone is 12. The number of aliphatic hydroxyl groups is 2. The molecule has 0 saturated heterocycles. The van der Waals surface area contributed by atoms with Crippen molar-refractivity contribution in [2.75, 3.05) is 39.6 Å². The van der Waals surface area contributed by atoms with Gasteiger partial charge in [-0.2, -0.15) is 0 Å². The minimum atomic E-state index is -4.91. The van der Waals surface area contributed by atoms with Crippen LogP contribution in [-0.2, 0) is 55.8 Å². The average Bonchev–Trinajstić information content (AvgIpc) is 3.44. The van der Waals surface area contributed by atoms with Gasteiger partial charge in [0.2, 0.25) is 0 Å². The molecule has 0 amide bonds. The Hall–Kier alpha value is -3.01. The zero-order valence-corrected chi connectivity index (χ0v) is 52.2. The van der Waals surface area contributed by atoms with Crippen LogP contribution in [0.1, 0.15) is 252 Å². The van der Waals surface area contributed by atoms with Gasteiger partial charge in [0.1, 0.15) is 25.4 Å². The van der Waals surface area contributed by atoms with Gasteiger partial charge in [0.25, 0.3) is 0 Å². The summed E-state index contributed by atoms with van der Waals surface area (Å²) < 4.78 is 60.6. The maximum atomic E-state index is 12.8. The van der Waals surface area contributed by atoms with Gasteiger partial charge in [-0.1, -0.05) is 216 Å². The lowest BCUT2D eigenvalue weighted by molar-refractivity contribution is -0.161. The van der Waals surface area contributed by atoms with E-state index in [1.807, 2.05) is 0 Å². The summed E-state index contributed by atoms with van der Waals surface area (Å²) >= 11 is 0. The van der Waals surface area contributed by atoms with Gasteiger partial charge in [0, 0.05) is 19.3 Å². The molecule has 0 rings (SSSR count). The highest BCUT2D eigenvalue weighted by Gasteiger charge is 2.29. The number of ether oxygens (including phenoxy) is 3. The third kappa shape index (κ3) is 58.6. The van der Waals surface area contributed by atoms with Crippen LogP contribution in [0.25, 0.3) is 0 Å². The van der Waals surface area contributed by atoms with Crippen LogP contribution in [0.15, 0.2) is 72.9 Å². The number of hydrogen-bond acceptors (Lipinski definition) is 14. The predicted molar refractivity (Wildman–Crippen MR) is 325 cm³/mol. The summed E-state index contributed by atoms with van der Waals surface area (Å²) in [7, 11) is -9.76. The summed E-state index contributed by atoms with van der Waals surface area (Å²) in [5, 5.41) is 20.5. The minimum absolute atomic E-state index is 0.105. The third-order valence-corrected chi connectivity index (χ3v) is 14.8. The van der Waals surface area contributed by atoms with E-state index in [-0.39, 0.29) is 19.3 Å². The Balaban J connectivity index is 4.62. The van der Waals surface area contributed by atoms with Gasteiger partial charge in [-0.15, -0.1) is 0 Å². The van der Waals surface area contributed by atoms with Crippen molar-refractivity contribution in [3.8, 4) is 0 Å². The summed E-state index contributed by atoms with van der Waals surface area (Å²) in [6, 6.07) is 0. The summed E-state index contributed by atoms with van der Waals surface area (Å²) in [6.07, 6.45) is 56.8. The maximum Gasteiger partial charge on any atom is 0.472 e. The van der Waals surface area contributed by atoms with Crippen molar-refractivity contribution in [1.82, 2.24) is 0 Å². The van der Waals surface area contributed by atoms with Crippen LogP contribution in [0.3, 0.4) is 0 Å². The van der Waals surface area contributed by atoms with Crippen molar-refractivity contribution >= 4 is 33.6 Å². The highest BCUT2D eigenvalue weighted by molar-refractivity contribution is 7.47. The summed E-state index contributed by atoms with van der Waals surface area (Å²) in [4.78, 5) is 58.1. The van der Waals surface area contributed by atoms with Crippen LogP contribution < -0.4 is 0 Å². The molecule has 0 spiro atoms. The second kappa shape index (κ2) is 57.4. The van der Waals surface area contributed by atoms with Crippen molar-refractivity contribution in [3.63, 3.8) is 0 Å². The van der Waals surface area contributed by atoms with Crippen LogP contribution >= 0.6 is 15.6 Å². The van der Waals surface area contributed by atoms with E-state index < -0.39 is 91.5 Å². The van der Waals surface area contributed by atoms with Crippen LogP contribution in [-0.4, -0.2) is 95.9 Å². The Kier molecular flexibility index (Phi) is 55.3. The normalized spacial score (nSPS) is 14.9. The van der Waals surface area contributed by atoms with Crippen LogP contribution in [0.4, 0.5) is 0 Å². The van der Waals surface area contributed by atoms with Gasteiger partial charge < -0.3 is 34.2 Å². The fourth-order valence-electron chi connectivity index (χ4n) is 8.12. The van der Waals surface area contributed by atoms with E-state index in [1.165, 1.54) is 57.8 Å². The molecular weight excluding hydrogens is 1070 g/mol. The number of carbonyl (C=O) groups excluding carboxylic acids is 3. The maximum absolute atomic E-state index is 12.8. The van der Waals surface area contributed by atoms with Gasteiger partial charge in [-0.05, 0) is 89.9 Å². The molecular formula is C63H112O16P2. The molecule has 81 heavy (non-hydrogen) atoms.